The van der Waals surface area contributed by atoms with Crippen molar-refractivity contribution < 1.29 is 4.74 Å². The van der Waals surface area contributed by atoms with Gasteiger partial charge in [-0.2, -0.15) is 0 Å². The molecule has 0 aromatic heterocycles. The van der Waals surface area contributed by atoms with Crippen molar-refractivity contribution in [2.24, 2.45) is 0 Å². The van der Waals surface area contributed by atoms with Gasteiger partial charge in [0.15, 0.2) is 0 Å². The van der Waals surface area contributed by atoms with E-state index in [0.717, 1.165) is 26.3 Å². The minimum atomic E-state index is 0.527. The first kappa shape index (κ1) is 14.3. The van der Waals surface area contributed by atoms with Crippen LogP contribution in [-0.4, -0.2) is 24.2 Å². The molecule has 1 heterocycles. The van der Waals surface area contributed by atoms with Gasteiger partial charge in [0.25, 0.3) is 0 Å². The topological polar surface area (TPSA) is 12.5 Å². The van der Waals surface area contributed by atoms with Crippen LogP contribution in [0.15, 0.2) is 60.7 Å². The number of ether oxygens (including phenoxy) is 1. The summed E-state index contributed by atoms with van der Waals surface area (Å²) in [6.45, 7) is 3.76. The zero-order valence-electron chi connectivity index (χ0n) is 12.4. The van der Waals surface area contributed by atoms with Gasteiger partial charge in [-0.3, -0.25) is 4.90 Å². The molecule has 21 heavy (non-hydrogen) atoms. The third-order valence-corrected chi connectivity index (χ3v) is 4.11. The summed E-state index contributed by atoms with van der Waals surface area (Å²) >= 11 is 0. The minimum absolute atomic E-state index is 0.527. The van der Waals surface area contributed by atoms with E-state index in [2.05, 4.69) is 65.6 Å². The van der Waals surface area contributed by atoms with Crippen molar-refractivity contribution >= 4 is 0 Å². The van der Waals surface area contributed by atoms with Gasteiger partial charge in [-0.05, 0) is 24.0 Å². The van der Waals surface area contributed by atoms with Crippen molar-refractivity contribution in [3.63, 3.8) is 0 Å². The minimum Gasteiger partial charge on any atom is -0.380 e. The van der Waals surface area contributed by atoms with Gasteiger partial charge in [0.1, 0.15) is 0 Å². The zero-order valence-corrected chi connectivity index (χ0v) is 12.4. The Morgan fingerprint density at radius 1 is 0.857 bits per heavy atom. The maximum absolute atomic E-state index is 5.70. The Bertz CT molecular complexity index is 478. The summed E-state index contributed by atoms with van der Waals surface area (Å²) in [5.74, 6) is 0. The molecule has 1 aliphatic heterocycles. The lowest BCUT2D eigenvalue weighted by molar-refractivity contribution is 0.0111. The molecule has 0 aliphatic carbocycles. The maximum atomic E-state index is 5.70. The first-order chi connectivity index (χ1) is 10.4. The van der Waals surface area contributed by atoms with Gasteiger partial charge in [-0.25, -0.2) is 0 Å². The number of rotatable bonds is 5. The first-order valence-corrected chi connectivity index (χ1v) is 7.81. The summed E-state index contributed by atoms with van der Waals surface area (Å²) in [4.78, 5) is 2.56. The summed E-state index contributed by atoms with van der Waals surface area (Å²) in [6, 6.07) is 22.0. The average molecular weight is 281 g/mol. The number of hydrogen-bond acceptors (Lipinski definition) is 2. The van der Waals surface area contributed by atoms with Crippen molar-refractivity contribution in [2.75, 3.05) is 13.2 Å². The standard InChI is InChI=1S/C19H23NO/c1-3-8-17(9-4-1)14-20(19-12-7-13-21-16-19)15-18-10-5-2-6-11-18/h1-6,8-11,19H,7,12-16H2. The van der Waals surface area contributed by atoms with Crippen molar-refractivity contribution in [1.29, 1.82) is 0 Å². The van der Waals surface area contributed by atoms with E-state index in [4.69, 9.17) is 4.74 Å². The molecule has 0 bridgehead atoms. The van der Waals surface area contributed by atoms with Crippen molar-refractivity contribution in [3.8, 4) is 0 Å². The predicted octanol–water partition coefficient (Wildman–Crippen LogP) is 3.87. The quantitative estimate of drug-likeness (QED) is 0.825. The molecule has 0 amide bonds. The Balaban J connectivity index is 1.73. The first-order valence-electron chi connectivity index (χ1n) is 7.81. The summed E-state index contributed by atoms with van der Waals surface area (Å²) in [5.41, 5.74) is 2.75. The van der Waals surface area contributed by atoms with Crippen LogP contribution in [0.1, 0.15) is 24.0 Å². The second-order valence-corrected chi connectivity index (χ2v) is 5.75. The Labute approximate surface area is 127 Å². The fourth-order valence-corrected chi connectivity index (χ4v) is 2.96. The molecule has 110 valence electrons. The van der Waals surface area contributed by atoms with Gasteiger partial charge in [0, 0.05) is 25.7 Å². The Morgan fingerprint density at radius 2 is 1.43 bits per heavy atom. The zero-order chi connectivity index (χ0) is 14.3. The monoisotopic (exact) mass is 281 g/mol. The number of benzene rings is 2. The van der Waals surface area contributed by atoms with E-state index >= 15 is 0 Å². The molecular formula is C19H23NO. The second kappa shape index (κ2) is 7.39. The third kappa shape index (κ3) is 4.16. The molecule has 1 atom stereocenters. The number of hydrogen-bond donors (Lipinski definition) is 0. The summed E-state index contributed by atoms with van der Waals surface area (Å²) in [5, 5.41) is 0. The maximum Gasteiger partial charge on any atom is 0.0622 e. The van der Waals surface area contributed by atoms with E-state index in [-0.39, 0.29) is 0 Å². The summed E-state index contributed by atoms with van der Waals surface area (Å²) in [6.07, 6.45) is 2.41. The molecular weight excluding hydrogens is 258 g/mol. The van der Waals surface area contributed by atoms with Crippen LogP contribution in [0.2, 0.25) is 0 Å². The Hall–Kier alpha value is -1.64. The number of nitrogens with zero attached hydrogens (tertiary/aromatic N) is 1. The molecule has 0 N–H and O–H groups in total. The molecule has 1 aliphatic rings. The Morgan fingerprint density at radius 3 is 1.90 bits per heavy atom. The van der Waals surface area contributed by atoms with E-state index in [9.17, 15) is 0 Å². The fourth-order valence-electron chi connectivity index (χ4n) is 2.96. The highest BCUT2D eigenvalue weighted by Gasteiger charge is 2.21. The van der Waals surface area contributed by atoms with Crippen LogP contribution >= 0.6 is 0 Å². The molecule has 0 spiro atoms. The van der Waals surface area contributed by atoms with Gasteiger partial charge in [-0.15, -0.1) is 0 Å². The lowest BCUT2D eigenvalue weighted by Gasteiger charge is -2.34. The van der Waals surface area contributed by atoms with Crippen LogP contribution in [0, 0.1) is 0 Å². The smallest absolute Gasteiger partial charge is 0.0622 e. The van der Waals surface area contributed by atoms with E-state index < -0.39 is 0 Å². The lowest BCUT2D eigenvalue weighted by Crippen LogP contribution is -2.40. The van der Waals surface area contributed by atoms with Gasteiger partial charge in [0.2, 0.25) is 0 Å². The molecule has 2 heteroatoms. The molecule has 1 fully saturated rings. The highest BCUT2D eigenvalue weighted by atomic mass is 16.5. The third-order valence-electron chi connectivity index (χ3n) is 4.11. The second-order valence-electron chi connectivity index (χ2n) is 5.75. The molecule has 0 saturated carbocycles. The van der Waals surface area contributed by atoms with Crippen molar-refractivity contribution in [2.45, 2.75) is 32.0 Å². The van der Waals surface area contributed by atoms with Gasteiger partial charge in [0.05, 0.1) is 6.61 Å². The van der Waals surface area contributed by atoms with Gasteiger partial charge < -0.3 is 4.74 Å². The Kier molecular flexibility index (Phi) is 5.03. The lowest BCUT2D eigenvalue weighted by atomic mass is 10.1. The average Bonchev–Trinajstić information content (AvgIpc) is 2.57. The molecule has 0 radical (unpaired) electrons. The normalized spacial score (nSPS) is 18.8. The predicted molar refractivity (Wildman–Crippen MR) is 86.0 cm³/mol. The molecule has 2 aromatic carbocycles. The van der Waals surface area contributed by atoms with Gasteiger partial charge >= 0.3 is 0 Å². The van der Waals surface area contributed by atoms with Crippen LogP contribution in [0.5, 0.6) is 0 Å². The molecule has 2 nitrogen and oxygen atoms in total. The molecule has 2 aromatic rings. The van der Waals surface area contributed by atoms with Crippen LogP contribution < -0.4 is 0 Å². The fraction of sp³-hybridized carbons (Fsp3) is 0.368. The van der Waals surface area contributed by atoms with Crippen LogP contribution in [0.25, 0.3) is 0 Å². The highest BCUT2D eigenvalue weighted by Crippen LogP contribution is 2.19. The molecule has 3 rings (SSSR count). The van der Waals surface area contributed by atoms with E-state index in [1.54, 1.807) is 0 Å². The summed E-state index contributed by atoms with van der Waals surface area (Å²) < 4.78 is 5.70. The van der Waals surface area contributed by atoms with E-state index in [0.29, 0.717) is 6.04 Å². The largest absolute Gasteiger partial charge is 0.380 e. The van der Waals surface area contributed by atoms with Gasteiger partial charge in [-0.1, -0.05) is 60.7 Å². The van der Waals surface area contributed by atoms with Crippen LogP contribution in [0.3, 0.4) is 0 Å². The van der Waals surface area contributed by atoms with E-state index in [1.807, 2.05) is 0 Å². The highest BCUT2D eigenvalue weighted by molar-refractivity contribution is 5.17. The molecule has 1 saturated heterocycles. The SMILES string of the molecule is c1ccc(CN(Cc2ccccc2)C2CCCOC2)cc1. The van der Waals surface area contributed by atoms with E-state index in [1.165, 1.54) is 24.0 Å². The van der Waals surface area contributed by atoms with Crippen molar-refractivity contribution in [3.05, 3.63) is 71.8 Å². The van der Waals surface area contributed by atoms with Crippen LogP contribution in [-0.2, 0) is 17.8 Å². The summed E-state index contributed by atoms with van der Waals surface area (Å²) in [7, 11) is 0. The van der Waals surface area contributed by atoms with Crippen LogP contribution in [0.4, 0.5) is 0 Å². The molecule has 1 unspecified atom stereocenters. The van der Waals surface area contributed by atoms with Crippen molar-refractivity contribution in [1.82, 2.24) is 4.90 Å².